The first kappa shape index (κ1) is 28.2. The molecule has 8 rings (SSSR count). The normalized spacial score (nSPS) is 12.1. The minimum atomic E-state index is 0.987. The van der Waals surface area contributed by atoms with Gasteiger partial charge in [-0.1, -0.05) is 120 Å². The molecule has 1 heteroatoms. The van der Waals surface area contributed by atoms with E-state index in [1.807, 2.05) is 0 Å². The van der Waals surface area contributed by atoms with E-state index in [0.717, 1.165) is 6.42 Å². The molecule has 0 saturated carbocycles. The van der Waals surface area contributed by atoms with Crippen LogP contribution in [0.1, 0.15) is 23.1 Å². The van der Waals surface area contributed by atoms with Gasteiger partial charge in [-0.2, -0.15) is 0 Å². The van der Waals surface area contributed by atoms with Crippen molar-refractivity contribution >= 4 is 30.3 Å². The molecule has 0 aliphatic heterocycles. The van der Waals surface area contributed by atoms with E-state index in [2.05, 4.69) is 176 Å². The van der Waals surface area contributed by atoms with Gasteiger partial charge in [-0.05, 0) is 23.1 Å². The van der Waals surface area contributed by atoms with E-state index in [0.29, 0.717) is 0 Å². The van der Waals surface area contributed by atoms with Crippen molar-refractivity contribution in [3.05, 3.63) is 193 Å². The Morgan fingerprint density at radius 3 is 1.66 bits per heavy atom. The molecule has 0 amide bonds. The fourth-order valence-corrected chi connectivity index (χ4v) is 7.01. The average Bonchev–Trinajstić information content (AvgIpc) is 3.78. The third kappa shape index (κ3) is 5.69. The Bertz CT molecular complexity index is 2070. The van der Waals surface area contributed by atoms with Crippen LogP contribution in [0.25, 0.3) is 49.4 Å². The van der Waals surface area contributed by atoms with Gasteiger partial charge >= 0.3 is 99.2 Å². The second-order valence-electron chi connectivity index (χ2n) is 11.0. The van der Waals surface area contributed by atoms with Gasteiger partial charge in [0, 0.05) is 0 Å². The monoisotopic (exact) mass is 637 g/mol. The molecule has 0 spiro atoms. The van der Waals surface area contributed by atoms with Crippen LogP contribution < -0.4 is 0 Å². The van der Waals surface area contributed by atoms with Gasteiger partial charge in [0.25, 0.3) is 0 Å². The molecular formula is C43H31Zr-. The zero-order valence-corrected chi connectivity index (χ0v) is 26.9. The van der Waals surface area contributed by atoms with Crippen LogP contribution in [-0.4, -0.2) is 3.21 Å². The fraction of sp³-hybridized carbons (Fsp3) is 0.0233. The first-order valence-corrected chi connectivity index (χ1v) is 16.3. The Balaban J connectivity index is 0.000000187. The van der Waals surface area contributed by atoms with Crippen LogP contribution in [0.4, 0.5) is 0 Å². The van der Waals surface area contributed by atoms with E-state index in [4.69, 9.17) is 0 Å². The number of fused-ring (bicyclic) bond motifs is 3. The second-order valence-corrected chi connectivity index (χ2v) is 12.3. The van der Waals surface area contributed by atoms with Crippen LogP contribution in [-0.2, 0) is 24.2 Å². The summed E-state index contributed by atoms with van der Waals surface area (Å²) in [7, 11) is 0. The van der Waals surface area contributed by atoms with Gasteiger partial charge in [0.15, 0.2) is 0 Å². The van der Waals surface area contributed by atoms with Crippen molar-refractivity contribution in [2.24, 2.45) is 0 Å². The Morgan fingerprint density at radius 1 is 0.568 bits per heavy atom. The van der Waals surface area contributed by atoms with Gasteiger partial charge < -0.3 is 0 Å². The number of hydrogen-bond acceptors (Lipinski definition) is 0. The van der Waals surface area contributed by atoms with Crippen LogP contribution in [0.15, 0.2) is 176 Å². The Kier molecular flexibility index (Phi) is 8.31. The van der Waals surface area contributed by atoms with Crippen molar-refractivity contribution in [3.8, 4) is 22.3 Å². The van der Waals surface area contributed by atoms with Gasteiger partial charge in [0.2, 0.25) is 0 Å². The summed E-state index contributed by atoms with van der Waals surface area (Å²) in [6.45, 7) is 0. The minimum absolute atomic E-state index is 0.987. The summed E-state index contributed by atoms with van der Waals surface area (Å²) in [5.41, 5.74) is 10.6. The number of hydrogen-bond donors (Lipinski definition) is 0. The van der Waals surface area contributed by atoms with Gasteiger partial charge in [-0.25, -0.2) is 0 Å². The second kappa shape index (κ2) is 13.0. The summed E-state index contributed by atoms with van der Waals surface area (Å²) in [6, 6.07) is 56.3. The van der Waals surface area contributed by atoms with E-state index < -0.39 is 0 Å². The molecular weight excluding hydrogens is 608 g/mol. The molecule has 0 saturated heterocycles. The number of rotatable bonds is 5. The maximum atomic E-state index is 2.41. The Hall–Kier alpha value is -4.58. The SMILES string of the molecule is C1=CCC(c2c(-c3ccccc3)cc(-c3ccccc3)c3c2[cH-]c2ccccc23)=C1.[Zr]=[C](c1ccccc1)c1ccccc1. The maximum absolute atomic E-state index is 2.41. The van der Waals surface area contributed by atoms with Gasteiger partial charge in [0.05, 0.1) is 0 Å². The predicted molar refractivity (Wildman–Crippen MR) is 186 cm³/mol. The van der Waals surface area contributed by atoms with Crippen LogP contribution in [0.3, 0.4) is 0 Å². The third-order valence-electron chi connectivity index (χ3n) is 8.28. The van der Waals surface area contributed by atoms with Crippen LogP contribution >= 0.6 is 0 Å². The molecule has 0 radical (unpaired) electrons. The first-order valence-electron chi connectivity index (χ1n) is 15.1. The molecule has 0 bridgehead atoms. The molecule has 0 fully saturated rings. The fourth-order valence-electron chi connectivity index (χ4n) is 6.19. The zero-order valence-electron chi connectivity index (χ0n) is 24.5. The summed E-state index contributed by atoms with van der Waals surface area (Å²) >= 11 is 1.46. The van der Waals surface area contributed by atoms with E-state index in [1.54, 1.807) is 0 Å². The summed E-state index contributed by atoms with van der Waals surface area (Å²) in [5.74, 6) is 0. The van der Waals surface area contributed by atoms with E-state index in [-0.39, 0.29) is 0 Å². The summed E-state index contributed by atoms with van der Waals surface area (Å²) in [4.78, 5) is 0. The van der Waals surface area contributed by atoms with Gasteiger partial charge in [-0.3, -0.25) is 0 Å². The molecule has 0 unspecified atom stereocenters. The molecule has 1 aliphatic rings. The summed E-state index contributed by atoms with van der Waals surface area (Å²) in [5, 5.41) is 5.35. The van der Waals surface area contributed by atoms with Gasteiger partial charge in [-0.15, -0.1) is 33.7 Å². The van der Waals surface area contributed by atoms with E-state index >= 15 is 0 Å². The Labute approximate surface area is 274 Å². The first-order chi connectivity index (χ1) is 21.8. The van der Waals surface area contributed by atoms with Crippen molar-refractivity contribution in [1.29, 1.82) is 0 Å². The topological polar surface area (TPSA) is 0 Å². The third-order valence-corrected chi connectivity index (χ3v) is 9.70. The summed E-state index contributed by atoms with van der Waals surface area (Å²) in [6.07, 6.45) is 7.70. The quantitative estimate of drug-likeness (QED) is 0.165. The average molecular weight is 639 g/mol. The van der Waals surface area contributed by atoms with Crippen molar-refractivity contribution in [3.63, 3.8) is 0 Å². The molecule has 0 aromatic heterocycles. The molecule has 208 valence electrons. The standard InChI is InChI=1S/C30H21.C13H10.Zr/c1-3-11-21(12-4-1)26-20-27(22-13-5-2-6-14-22)30-25-18-10-9-17-24(25)19-28(30)29(26)23-15-7-8-16-23;1-3-7-12(8-4-1)11-13-9-5-2-6-10-13;/h1-15,17-20H,16H2;1-10H;/q-1;;. The molecule has 1 aliphatic carbocycles. The van der Waals surface area contributed by atoms with Crippen molar-refractivity contribution in [1.82, 2.24) is 0 Å². The van der Waals surface area contributed by atoms with E-state index in [1.165, 1.54) is 93.5 Å². The molecule has 7 aromatic carbocycles. The predicted octanol–water partition coefficient (Wildman–Crippen LogP) is 11.2. The van der Waals surface area contributed by atoms with Crippen LogP contribution in [0, 0.1) is 0 Å². The molecule has 0 atom stereocenters. The number of benzene rings is 6. The molecule has 0 heterocycles. The van der Waals surface area contributed by atoms with Crippen molar-refractivity contribution in [2.75, 3.05) is 0 Å². The van der Waals surface area contributed by atoms with Crippen molar-refractivity contribution in [2.45, 2.75) is 6.42 Å². The molecule has 7 aromatic rings. The molecule has 44 heavy (non-hydrogen) atoms. The van der Waals surface area contributed by atoms with Crippen molar-refractivity contribution < 1.29 is 24.2 Å². The van der Waals surface area contributed by atoms with Gasteiger partial charge in [0.1, 0.15) is 0 Å². The van der Waals surface area contributed by atoms with Crippen LogP contribution in [0.5, 0.6) is 0 Å². The molecule has 0 nitrogen and oxygen atoms in total. The number of allylic oxidation sites excluding steroid dienone is 4. The van der Waals surface area contributed by atoms with Crippen LogP contribution in [0.2, 0.25) is 0 Å². The van der Waals surface area contributed by atoms with E-state index in [9.17, 15) is 0 Å². The zero-order chi connectivity index (χ0) is 29.7. The molecule has 0 N–H and O–H groups in total. The Morgan fingerprint density at radius 2 is 1.09 bits per heavy atom. The summed E-state index contributed by atoms with van der Waals surface area (Å²) < 4.78 is 1.42.